The SMILES string of the molecule is COc1ccccc1NS(=O)(=O)c1ccccc1S(=O)(=O)Nc1ccccc1OC. The van der Waals surface area contributed by atoms with Crippen molar-refractivity contribution in [1.82, 2.24) is 0 Å². The number of sulfonamides is 2. The van der Waals surface area contributed by atoms with Crippen molar-refractivity contribution in [1.29, 1.82) is 0 Å². The molecule has 3 aromatic carbocycles. The molecule has 3 aromatic rings. The summed E-state index contributed by atoms with van der Waals surface area (Å²) >= 11 is 0. The summed E-state index contributed by atoms with van der Waals surface area (Å²) in [5.41, 5.74) is 0.370. The lowest BCUT2D eigenvalue weighted by Gasteiger charge is -2.16. The molecule has 0 heterocycles. The number of anilines is 2. The molecule has 2 N–H and O–H groups in total. The molecule has 0 radical (unpaired) electrons. The van der Waals surface area contributed by atoms with Crippen LogP contribution in [0.25, 0.3) is 0 Å². The first-order valence-corrected chi connectivity index (χ1v) is 11.7. The van der Waals surface area contributed by atoms with Gasteiger partial charge in [0.2, 0.25) is 0 Å². The number of rotatable bonds is 8. The van der Waals surface area contributed by atoms with Crippen LogP contribution in [-0.4, -0.2) is 31.1 Å². The van der Waals surface area contributed by atoms with Crippen molar-refractivity contribution in [2.75, 3.05) is 23.7 Å². The number of ether oxygens (including phenoxy) is 2. The van der Waals surface area contributed by atoms with E-state index in [4.69, 9.17) is 9.47 Å². The summed E-state index contributed by atoms with van der Waals surface area (Å²) in [6.07, 6.45) is 0. The van der Waals surface area contributed by atoms with Crippen molar-refractivity contribution in [3.8, 4) is 11.5 Å². The van der Waals surface area contributed by atoms with Crippen molar-refractivity contribution >= 4 is 31.4 Å². The summed E-state index contributed by atoms with van der Waals surface area (Å²) in [5, 5.41) is 0. The minimum Gasteiger partial charge on any atom is -0.495 e. The summed E-state index contributed by atoms with van der Waals surface area (Å²) in [7, 11) is -5.69. The molecule has 10 heteroatoms. The molecular weight excluding hydrogens is 428 g/mol. The molecule has 0 saturated carbocycles. The van der Waals surface area contributed by atoms with E-state index in [0.717, 1.165) is 0 Å². The van der Waals surface area contributed by atoms with Gasteiger partial charge in [0.25, 0.3) is 20.0 Å². The van der Waals surface area contributed by atoms with Gasteiger partial charge in [0.05, 0.1) is 25.6 Å². The maximum Gasteiger partial charge on any atom is 0.263 e. The Bertz CT molecular complexity index is 1160. The highest BCUT2D eigenvalue weighted by Gasteiger charge is 2.27. The van der Waals surface area contributed by atoms with Crippen LogP contribution in [0.4, 0.5) is 11.4 Å². The zero-order chi connectivity index (χ0) is 21.8. The molecule has 3 rings (SSSR count). The molecule has 0 spiro atoms. The lowest BCUT2D eigenvalue weighted by molar-refractivity contribution is 0.417. The predicted molar refractivity (Wildman–Crippen MR) is 114 cm³/mol. The van der Waals surface area contributed by atoms with Crippen LogP contribution in [0.15, 0.2) is 82.6 Å². The topological polar surface area (TPSA) is 111 Å². The van der Waals surface area contributed by atoms with E-state index in [-0.39, 0.29) is 11.4 Å². The Morgan fingerprint density at radius 2 is 0.900 bits per heavy atom. The molecule has 0 amide bonds. The zero-order valence-corrected chi connectivity index (χ0v) is 17.8. The second-order valence-electron chi connectivity index (χ2n) is 6.06. The Kier molecular flexibility index (Phi) is 6.18. The fraction of sp³-hybridized carbons (Fsp3) is 0.100. The molecule has 0 saturated heterocycles. The number of para-hydroxylation sites is 4. The third kappa shape index (κ3) is 4.50. The van der Waals surface area contributed by atoms with Gasteiger partial charge in [-0.15, -0.1) is 0 Å². The summed E-state index contributed by atoms with van der Waals surface area (Å²) in [6.45, 7) is 0. The first kappa shape index (κ1) is 21.5. The summed E-state index contributed by atoms with van der Waals surface area (Å²) in [5.74, 6) is 0.599. The van der Waals surface area contributed by atoms with E-state index in [2.05, 4.69) is 9.44 Å². The average Bonchev–Trinajstić information content (AvgIpc) is 2.74. The lowest BCUT2D eigenvalue weighted by Crippen LogP contribution is -2.20. The van der Waals surface area contributed by atoms with E-state index < -0.39 is 29.8 Å². The fourth-order valence-corrected chi connectivity index (χ4v) is 5.73. The average molecular weight is 449 g/mol. The first-order chi connectivity index (χ1) is 14.3. The number of benzene rings is 3. The smallest absolute Gasteiger partial charge is 0.263 e. The van der Waals surface area contributed by atoms with Gasteiger partial charge in [-0.1, -0.05) is 36.4 Å². The molecule has 0 aliphatic rings. The quantitative estimate of drug-likeness (QED) is 0.547. The molecule has 30 heavy (non-hydrogen) atoms. The van der Waals surface area contributed by atoms with Crippen molar-refractivity contribution in [3.63, 3.8) is 0 Å². The van der Waals surface area contributed by atoms with Gasteiger partial charge in [0, 0.05) is 0 Å². The molecule has 8 nitrogen and oxygen atoms in total. The highest BCUT2D eigenvalue weighted by atomic mass is 32.2. The minimum absolute atomic E-state index is 0.185. The Morgan fingerprint density at radius 3 is 1.27 bits per heavy atom. The van der Waals surface area contributed by atoms with E-state index in [1.165, 1.54) is 50.6 Å². The van der Waals surface area contributed by atoms with Crippen molar-refractivity contribution in [2.24, 2.45) is 0 Å². The normalized spacial score (nSPS) is 11.5. The van der Waals surface area contributed by atoms with Gasteiger partial charge in [0.1, 0.15) is 21.3 Å². The molecule has 0 atom stereocenters. The van der Waals surface area contributed by atoms with Gasteiger partial charge in [0.15, 0.2) is 0 Å². The summed E-state index contributed by atoms with van der Waals surface area (Å²) in [6, 6.07) is 18.2. The third-order valence-corrected chi connectivity index (χ3v) is 7.11. The molecule has 0 unspecified atom stereocenters. The largest absolute Gasteiger partial charge is 0.495 e. The minimum atomic E-state index is -4.25. The van der Waals surface area contributed by atoms with Crippen LogP contribution in [0.3, 0.4) is 0 Å². The zero-order valence-electron chi connectivity index (χ0n) is 16.2. The van der Waals surface area contributed by atoms with Gasteiger partial charge in [-0.2, -0.15) is 0 Å². The van der Waals surface area contributed by atoms with Crippen molar-refractivity contribution in [3.05, 3.63) is 72.8 Å². The van der Waals surface area contributed by atoms with Crippen LogP contribution in [-0.2, 0) is 20.0 Å². The Hall–Kier alpha value is -3.24. The van der Waals surface area contributed by atoms with Crippen molar-refractivity contribution < 1.29 is 26.3 Å². The van der Waals surface area contributed by atoms with Crippen LogP contribution < -0.4 is 18.9 Å². The van der Waals surface area contributed by atoms with E-state index >= 15 is 0 Å². The molecule has 0 aliphatic carbocycles. The van der Waals surface area contributed by atoms with Gasteiger partial charge < -0.3 is 9.47 Å². The van der Waals surface area contributed by atoms with Gasteiger partial charge in [-0.05, 0) is 36.4 Å². The van der Waals surface area contributed by atoms with Crippen molar-refractivity contribution in [2.45, 2.75) is 9.79 Å². The van der Waals surface area contributed by atoms with E-state index in [1.54, 1.807) is 36.4 Å². The van der Waals surface area contributed by atoms with Gasteiger partial charge in [-0.3, -0.25) is 9.44 Å². The summed E-state index contributed by atoms with van der Waals surface area (Å²) < 4.78 is 67.2. The third-order valence-electron chi connectivity index (χ3n) is 4.13. The maximum absolute atomic E-state index is 13.0. The highest BCUT2D eigenvalue weighted by Crippen LogP contribution is 2.31. The Morgan fingerprint density at radius 1 is 0.567 bits per heavy atom. The van der Waals surface area contributed by atoms with Crippen LogP contribution in [0.1, 0.15) is 0 Å². The number of nitrogens with one attached hydrogen (secondary N) is 2. The first-order valence-electron chi connectivity index (χ1n) is 8.69. The van der Waals surface area contributed by atoms with Gasteiger partial charge >= 0.3 is 0 Å². The number of methoxy groups -OCH3 is 2. The van der Waals surface area contributed by atoms with E-state index in [9.17, 15) is 16.8 Å². The van der Waals surface area contributed by atoms with Crippen LogP contribution in [0.2, 0.25) is 0 Å². The monoisotopic (exact) mass is 448 g/mol. The number of hydrogen-bond donors (Lipinski definition) is 2. The number of hydrogen-bond acceptors (Lipinski definition) is 6. The maximum atomic E-state index is 13.0. The Labute approximate surface area is 175 Å². The van der Waals surface area contributed by atoms with E-state index in [1.807, 2.05) is 0 Å². The molecule has 0 fully saturated rings. The second-order valence-corrected chi connectivity index (χ2v) is 9.36. The predicted octanol–water partition coefficient (Wildman–Crippen LogP) is 3.31. The fourth-order valence-electron chi connectivity index (χ4n) is 2.75. The van der Waals surface area contributed by atoms with E-state index in [0.29, 0.717) is 11.5 Å². The van der Waals surface area contributed by atoms with Crippen LogP contribution >= 0.6 is 0 Å². The second kappa shape index (κ2) is 8.64. The van der Waals surface area contributed by atoms with Crippen LogP contribution in [0, 0.1) is 0 Å². The Balaban J connectivity index is 2.03. The highest BCUT2D eigenvalue weighted by molar-refractivity contribution is 7.95. The molecule has 0 aliphatic heterocycles. The molecular formula is C20H20N2O6S2. The summed E-state index contributed by atoms with van der Waals surface area (Å²) in [4.78, 5) is -0.809. The standard InChI is InChI=1S/C20H20N2O6S2/c1-27-17-11-5-3-9-15(17)21-29(23,24)19-13-7-8-14-20(19)30(25,26)22-16-10-4-6-12-18(16)28-2/h3-14,21-22H,1-2H3. The van der Waals surface area contributed by atoms with Gasteiger partial charge in [-0.25, -0.2) is 16.8 Å². The van der Waals surface area contributed by atoms with Crippen LogP contribution in [0.5, 0.6) is 11.5 Å². The lowest BCUT2D eigenvalue weighted by atomic mass is 10.3. The molecule has 0 aromatic heterocycles. The molecule has 0 bridgehead atoms. The molecule has 158 valence electrons.